The molecule has 1 aromatic heterocycles. The number of hydrogen-bond acceptors (Lipinski definition) is 5. The fourth-order valence-corrected chi connectivity index (χ4v) is 4.35. The fraction of sp³-hybridized carbons (Fsp3) is 0.650. The first kappa shape index (κ1) is 22.6. The van der Waals surface area contributed by atoms with Crippen molar-refractivity contribution in [3.05, 3.63) is 22.8 Å². The van der Waals surface area contributed by atoms with Crippen LogP contribution < -0.4 is 10.2 Å². The SMILES string of the molecule is CC(C(=O)NC1(C#N)CCCCC1)N1CCN(c2ncc(C(F)(F)F)cc2Cl)CC1. The Balaban J connectivity index is 1.58. The van der Waals surface area contributed by atoms with E-state index in [9.17, 15) is 23.2 Å². The summed E-state index contributed by atoms with van der Waals surface area (Å²) in [5, 5.41) is 12.5. The van der Waals surface area contributed by atoms with E-state index >= 15 is 0 Å². The summed E-state index contributed by atoms with van der Waals surface area (Å²) in [6.07, 6.45) is 0.591. The number of aromatic nitrogens is 1. The standard InChI is InChI=1S/C20H25ClF3N5O/c1-14(18(30)27-19(13-25)5-3-2-4-6-19)28-7-9-29(10-8-28)17-16(21)11-15(12-26-17)20(22,23)24/h11-12,14H,2-10H2,1H3,(H,27,30). The topological polar surface area (TPSA) is 72.3 Å². The Morgan fingerprint density at radius 2 is 1.90 bits per heavy atom. The minimum Gasteiger partial charge on any atom is -0.353 e. The Kier molecular flexibility index (Phi) is 6.78. The van der Waals surface area contributed by atoms with Crippen LogP contribution in [0.1, 0.15) is 44.6 Å². The second-order valence-electron chi connectivity index (χ2n) is 7.97. The Hall–Kier alpha value is -2.05. The van der Waals surface area contributed by atoms with Crippen molar-refractivity contribution in [3.8, 4) is 6.07 Å². The molecular formula is C20H25ClF3N5O. The van der Waals surface area contributed by atoms with Crippen LogP contribution in [0.15, 0.2) is 12.3 Å². The van der Waals surface area contributed by atoms with Crippen LogP contribution >= 0.6 is 11.6 Å². The van der Waals surface area contributed by atoms with Crippen LogP contribution in [0.3, 0.4) is 0 Å². The number of nitrogens with zero attached hydrogens (tertiary/aromatic N) is 4. The maximum atomic E-state index is 12.8. The fourth-order valence-electron chi connectivity index (χ4n) is 4.07. The molecule has 6 nitrogen and oxygen atoms in total. The van der Waals surface area contributed by atoms with Crippen molar-refractivity contribution < 1.29 is 18.0 Å². The van der Waals surface area contributed by atoms with Gasteiger partial charge in [0.05, 0.1) is 22.7 Å². The molecule has 1 atom stereocenters. The van der Waals surface area contributed by atoms with Gasteiger partial charge in [0.2, 0.25) is 5.91 Å². The zero-order valence-corrected chi connectivity index (χ0v) is 17.6. The van der Waals surface area contributed by atoms with Gasteiger partial charge >= 0.3 is 6.18 Å². The number of anilines is 1. The number of carbonyl (C=O) groups is 1. The maximum Gasteiger partial charge on any atom is 0.417 e. The molecule has 1 saturated heterocycles. The molecule has 1 N–H and O–H groups in total. The van der Waals surface area contributed by atoms with Crippen molar-refractivity contribution >= 4 is 23.3 Å². The third-order valence-electron chi connectivity index (χ3n) is 5.97. The molecule has 0 spiro atoms. The molecule has 1 aliphatic carbocycles. The Bertz CT molecular complexity index is 812. The molecule has 1 amide bonds. The Labute approximate surface area is 179 Å². The predicted molar refractivity (Wildman–Crippen MR) is 107 cm³/mol. The van der Waals surface area contributed by atoms with Gasteiger partial charge in [-0.15, -0.1) is 0 Å². The summed E-state index contributed by atoms with van der Waals surface area (Å²) < 4.78 is 38.4. The molecular weight excluding hydrogens is 419 g/mol. The molecule has 0 bridgehead atoms. The number of nitriles is 1. The summed E-state index contributed by atoms with van der Waals surface area (Å²) in [7, 11) is 0. The molecule has 2 heterocycles. The van der Waals surface area contributed by atoms with Gasteiger partial charge in [-0.25, -0.2) is 4.98 Å². The number of piperazine rings is 1. The number of halogens is 4. The molecule has 1 unspecified atom stereocenters. The van der Waals surface area contributed by atoms with E-state index in [2.05, 4.69) is 16.4 Å². The summed E-state index contributed by atoms with van der Waals surface area (Å²) in [5.74, 6) is 0.143. The van der Waals surface area contributed by atoms with Gasteiger partial charge in [0.25, 0.3) is 0 Å². The van der Waals surface area contributed by atoms with Gasteiger partial charge in [-0.2, -0.15) is 18.4 Å². The average molecular weight is 444 g/mol. The summed E-state index contributed by atoms with van der Waals surface area (Å²) in [6.45, 7) is 3.85. The third-order valence-corrected chi connectivity index (χ3v) is 6.25. The minimum atomic E-state index is -4.49. The summed E-state index contributed by atoms with van der Waals surface area (Å²) in [6, 6.07) is 2.77. The first-order valence-electron chi connectivity index (χ1n) is 10.1. The van der Waals surface area contributed by atoms with Crippen LogP contribution in [0.4, 0.5) is 19.0 Å². The quantitative estimate of drug-likeness (QED) is 0.769. The van der Waals surface area contributed by atoms with Crippen LogP contribution in [0.5, 0.6) is 0 Å². The summed E-state index contributed by atoms with van der Waals surface area (Å²) in [4.78, 5) is 20.5. The molecule has 164 valence electrons. The molecule has 1 saturated carbocycles. The highest BCUT2D eigenvalue weighted by Crippen LogP contribution is 2.34. The highest BCUT2D eigenvalue weighted by atomic mass is 35.5. The lowest BCUT2D eigenvalue weighted by Crippen LogP contribution is -2.58. The lowest BCUT2D eigenvalue weighted by molar-refractivity contribution is -0.137. The number of amides is 1. The van der Waals surface area contributed by atoms with E-state index in [0.717, 1.165) is 31.5 Å². The lowest BCUT2D eigenvalue weighted by atomic mass is 9.82. The predicted octanol–water partition coefficient (Wildman–Crippen LogP) is 3.61. The molecule has 30 heavy (non-hydrogen) atoms. The second kappa shape index (κ2) is 8.98. The first-order chi connectivity index (χ1) is 14.1. The smallest absolute Gasteiger partial charge is 0.353 e. The molecule has 0 radical (unpaired) electrons. The zero-order valence-electron chi connectivity index (χ0n) is 16.8. The Morgan fingerprint density at radius 1 is 1.27 bits per heavy atom. The Morgan fingerprint density at radius 3 is 2.43 bits per heavy atom. The van der Waals surface area contributed by atoms with Gasteiger partial charge in [0.15, 0.2) is 0 Å². The molecule has 2 fully saturated rings. The van der Waals surface area contributed by atoms with Gasteiger partial charge in [0, 0.05) is 32.4 Å². The largest absolute Gasteiger partial charge is 0.417 e. The van der Waals surface area contributed by atoms with E-state index in [0.29, 0.717) is 44.8 Å². The minimum absolute atomic E-state index is 0.0441. The monoisotopic (exact) mass is 443 g/mol. The van der Waals surface area contributed by atoms with E-state index < -0.39 is 23.3 Å². The zero-order chi connectivity index (χ0) is 21.9. The van der Waals surface area contributed by atoms with E-state index in [4.69, 9.17) is 11.6 Å². The van der Waals surface area contributed by atoms with Crippen molar-refractivity contribution in [2.75, 3.05) is 31.1 Å². The van der Waals surface area contributed by atoms with Crippen molar-refractivity contribution in [1.82, 2.24) is 15.2 Å². The van der Waals surface area contributed by atoms with E-state index in [-0.39, 0.29) is 10.9 Å². The molecule has 10 heteroatoms. The van der Waals surface area contributed by atoms with Crippen LogP contribution in [0.2, 0.25) is 5.02 Å². The lowest BCUT2D eigenvalue weighted by Gasteiger charge is -2.39. The van der Waals surface area contributed by atoms with Gasteiger partial charge < -0.3 is 10.2 Å². The van der Waals surface area contributed by atoms with Crippen LogP contribution in [-0.2, 0) is 11.0 Å². The van der Waals surface area contributed by atoms with E-state index in [1.165, 1.54) is 0 Å². The van der Waals surface area contributed by atoms with Gasteiger partial charge in [0.1, 0.15) is 11.4 Å². The number of pyridine rings is 1. The van der Waals surface area contributed by atoms with Crippen molar-refractivity contribution in [1.29, 1.82) is 5.26 Å². The third kappa shape index (κ3) is 4.98. The number of hydrogen-bond donors (Lipinski definition) is 1. The van der Waals surface area contributed by atoms with E-state index in [1.54, 1.807) is 0 Å². The van der Waals surface area contributed by atoms with Crippen molar-refractivity contribution in [2.24, 2.45) is 0 Å². The van der Waals surface area contributed by atoms with Gasteiger partial charge in [-0.3, -0.25) is 9.69 Å². The number of carbonyl (C=O) groups excluding carboxylic acids is 1. The van der Waals surface area contributed by atoms with Crippen molar-refractivity contribution in [2.45, 2.75) is 56.8 Å². The number of alkyl halides is 3. The van der Waals surface area contributed by atoms with Crippen LogP contribution in [0.25, 0.3) is 0 Å². The second-order valence-corrected chi connectivity index (χ2v) is 8.38. The van der Waals surface area contributed by atoms with Crippen LogP contribution in [0, 0.1) is 11.3 Å². The highest BCUT2D eigenvalue weighted by molar-refractivity contribution is 6.33. The highest BCUT2D eigenvalue weighted by Gasteiger charge is 2.37. The van der Waals surface area contributed by atoms with E-state index in [1.807, 2.05) is 16.7 Å². The maximum absolute atomic E-state index is 12.8. The first-order valence-corrected chi connectivity index (χ1v) is 10.5. The summed E-state index contributed by atoms with van der Waals surface area (Å²) in [5.41, 5.74) is -1.65. The normalized spacial score (nSPS) is 21.0. The van der Waals surface area contributed by atoms with Gasteiger partial charge in [-0.1, -0.05) is 30.9 Å². The number of nitrogens with one attached hydrogen (secondary N) is 1. The molecule has 3 rings (SSSR count). The molecule has 1 aliphatic heterocycles. The summed E-state index contributed by atoms with van der Waals surface area (Å²) >= 11 is 6.05. The number of rotatable bonds is 4. The average Bonchev–Trinajstić information content (AvgIpc) is 2.73. The molecule has 2 aliphatic rings. The van der Waals surface area contributed by atoms with Crippen LogP contribution in [-0.4, -0.2) is 53.6 Å². The molecule has 0 aromatic carbocycles. The molecule has 1 aromatic rings. The van der Waals surface area contributed by atoms with Gasteiger partial charge in [-0.05, 0) is 25.8 Å². The van der Waals surface area contributed by atoms with Crippen molar-refractivity contribution in [3.63, 3.8) is 0 Å².